The first kappa shape index (κ1) is 10.9. The molecule has 2 N–H and O–H groups in total. The minimum absolute atomic E-state index is 0.111. The molecule has 1 unspecified atom stereocenters. The Morgan fingerprint density at radius 3 is 2.77 bits per heavy atom. The number of hydrogen-bond donors (Lipinski definition) is 2. The van der Waals surface area contributed by atoms with Crippen molar-refractivity contribution < 1.29 is 4.79 Å². The Bertz CT molecular complexity index is 183. The third-order valence-corrected chi connectivity index (χ3v) is 2.85. The summed E-state index contributed by atoms with van der Waals surface area (Å²) in [4.78, 5) is 11.5. The van der Waals surface area contributed by atoms with E-state index in [2.05, 4.69) is 10.6 Å². The molecule has 0 radical (unpaired) electrons. The lowest BCUT2D eigenvalue weighted by atomic mass is 10.1. The number of thioether (sulfide) groups is 1. The van der Waals surface area contributed by atoms with Gasteiger partial charge in [-0.25, -0.2) is 0 Å². The zero-order valence-electron chi connectivity index (χ0n) is 8.52. The van der Waals surface area contributed by atoms with Gasteiger partial charge in [-0.3, -0.25) is 4.79 Å². The summed E-state index contributed by atoms with van der Waals surface area (Å²) < 4.78 is 0. The predicted molar refractivity (Wildman–Crippen MR) is 56.8 cm³/mol. The lowest BCUT2D eigenvalue weighted by Gasteiger charge is -2.21. The molecule has 0 spiro atoms. The average Bonchev–Trinajstić information content (AvgIpc) is 2.34. The largest absolute Gasteiger partial charge is 0.351 e. The van der Waals surface area contributed by atoms with Gasteiger partial charge < -0.3 is 10.6 Å². The maximum atomic E-state index is 11.5. The standard InChI is InChI=1S/C9H18N2OS/c1-9(2,3)11-7(12)6-8-10-4-5-13-8/h8,10H,4-6H2,1-3H3,(H,11,12). The summed E-state index contributed by atoms with van der Waals surface area (Å²) >= 11 is 1.82. The molecule has 0 aromatic rings. The fraction of sp³-hybridized carbons (Fsp3) is 0.889. The normalized spacial score (nSPS) is 23.2. The number of carbonyl (C=O) groups excluding carboxylic acids is 1. The van der Waals surface area contributed by atoms with Gasteiger partial charge in [0.1, 0.15) is 0 Å². The van der Waals surface area contributed by atoms with Gasteiger partial charge in [-0.15, -0.1) is 11.8 Å². The van der Waals surface area contributed by atoms with Crippen LogP contribution in [0, 0.1) is 0 Å². The van der Waals surface area contributed by atoms with Crippen LogP contribution in [-0.2, 0) is 4.79 Å². The quantitative estimate of drug-likeness (QED) is 0.700. The zero-order valence-corrected chi connectivity index (χ0v) is 9.33. The second-order valence-corrected chi connectivity index (χ2v) is 5.63. The van der Waals surface area contributed by atoms with Crippen molar-refractivity contribution in [2.75, 3.05) is 12.3 Å². The molecule has 0 aliphatic carbocycles. The minimum Gasteiger partial charge on any atom is -0.351 e. The molecule has 1 atom stereocenters. The summed E-state index contributed by atoms with van der Waals surface area (Å²) in [5.41, 5.74) is -0.111. The van der Waals surface area contributed by atoms with E-state index >= 15 is 0 Å². The van der Waals surface area contributed by atoms with E-state index in [-0.39, 0.29) is 11.4 Å². The summed E-state index contributed by atoms with van der Waals surface area (Å²) in [6.45, 7) is 7.03. The van der Waals surface area contributed by atoms with E-state index in [0.717, 1.165) is 12.3 Å². The topological polar surface area (TPSA) is 41.1 Å². The lowest BCUT2D eigenvalue weighted by molar-refractivity contribution is -0.122. The number of nitrogens with one attached hydrogen (secondary N) is 2. The maximum Gasteiger partial charge on any atom is 0.222 e. The van der Waals surface area contributed by atoms with E-state index in [0.29, 0.717) is 11.8 Å². The Morgan fingerprint density at radius 1 is 1.62 bits per heavy atom. The van der Waals surface area contributed by atoms with Gasteiger partial charge in [0, 0.05) is 17.8 Å². The van der Waals surface area contributed by atoms with Crippen LogP contribution in [0.1, 0.15) is 27.2 Å². The Balaban J connectivity index is 2.24. The van der Waals surface area contributed by atoms with Crippen LogP contribution in [0.5, 0.6) is 0 Å². The van der Waals surface area contributed by atoms with E-state index in [1.165, 1.54) is 0 Å². The number of amides is 1. The third kappa shape index (κ3) is 4.52. The maximum absolute atomic E-state index is 11.5. The van der Waals surface area contributed by atoms with Crippen LogP contribution >= 0.6 is 11.8 Å². The first-order valence-electron chi connectivity index (χ1n) is 4.63. The van der Waals surface area contributed by atoms with Crippen molar-refractivity contribution in [3.8, 4) is 0 Å². The van der Waals surface area contributed by atoms with Crippen LogP contribution in [-0.4, -0.2) is 29.1 Å². The minimum atomic E-state index is -0.111. The van der Waals surface area contributed by atoms with Crippen LogP contribution in [0.15, 0.2) is 0 Å². The van der Waals surface area contributed by atoms with E-state index in [9.17, 15) is 4.79 Å². The van der Waals surface area contributed by atoms with Crippen LogP contribution in [0.2, 0.25) is 0 Å². The fourth-order valence-corrected chi connectivity index (χ4v) is 2.27. The molecule has 4 heteroatoms. The third-order valence-electron chi connectivity index (χ3n) is 1.68. The molecule has 1 saturated heterocycles. The predicted octanol–water partition coefficient (Wildman–Crippen LogP) is 0.954. The monoisotopic (exact) mass is 202 g/mol. The van der Waals surface area contributed by atoms with Crippen LogP contribution < -0.4 is 10.6 Å². The van der Waals surface area contributed by atoms with Crippen molar-refractivity contribution in [3.05, 3.63) is 0 Å². The van der Waals surface area contributed by atoms with Gasteiger partial charge in [-0.2, -0.15) is 0 Å². The summed E-state index contributed by atoms with van der Waals surface area (Å²) in [5.74, 6) is 1.26. The SMILES string of the molecule is CC(C)(C)NC(=O)CC1NCCS1. The molecular weight excluding hydrogens is 184 g/mol. The van der Waals surface area contributed by atoms with Crippen molar-refractivity contribution in [2.24, 2.45) is 0 Å². The molecule has 1 rings (SSSR count). The molecule has 0 aromatic heterocycles. The Labute approximate surface area is 84.0 Å². The first-order valence-corrected chi connectivity index (χ1v) is 5.68. The van der Waals surface area contributed by atoms with E-state index < -0.39 is 0 Å². The Hall–Kier alpha value is -0.220. The number of rotatable bonds is 2. The van der Waals surface area contributed by atoms with Crippen molar-refractivity contribution in [3.63, 3.8) is 0 Å². The molecule has 1 amide bonds. The average molecular weight is 202 g/mol. The summed E-state index contributed by atoms with van der Waals surface area (Å²) in [5, 5.41) is 6.55. The van der Waals surface area contributed by atoms with Gasteiger partial charge in [-0.1, -0.05) is 0 Å². The second kappa shape index (κ2) is 4.33. The summed E-state index contributed by atoms with van der Waals surface area (Å²) in [7, 11) is 0. The van der Waals surface area contributed by atoms with Gasteiger partial charge in [0.15, 0.2) is 0 Å². The summed E-state index contributed by atoms with van der Waals surface area (Å²) in [6.07, 6.45) is 0.585. The van der Waals surface area contributed by atoms with Gasteiger partial charge in [0.05, 0.1) is 11.8 Å². The second-order valence-electron chi connectivity index (χ2n) is 4.32. The van der Waals surface area contributed by atoms with Crippen molar-refractivity contribution in [2.45, 2.75) is 38.1 Å². The van der Waals surface area contributed by atoms with Gasteiger partial charge in [-0.05, 0) is 20.8 Å². The number of hydrogen-bond acceptors (Lipinski definition) is 3. The summed E-state index contributed by atoms with van der Waals surface area (Å²) in [6, 6.07) is 0. The highest BCUT2D eigenvalue weighted by atomic mass is 32.2. The molecule has 13 heavy (non-hydrogen) atoms. The van der Waals surface area contributed by atoms with Gasteiger partial charge >= 0.3 is 0 Å². The number of carbonyl (C=O) groups is 1. The highest BCUT2D eigenvalue weighted by molar-refractivity contribution is 8.00. The van der Waals surface area contributed by atoms with E-state index in [4.69, 9.17) is 0 Å². The molecule has 0 saturated carbocycles. The highest BCUT2D eigenvalue weighted by Crippen LogP contribution is 2.16. The molecule has 3 nitrogen and oxygen atoms in total. The molecule has 1 fully saturated rings. The molecule has 76 valence electrons. The highest BCUT2D eigenvalue weighted by Gasteiger charge is 2.20. The Kier molecular flexibility index (Phi) is 3.62. The molecule has 0 bridgehead atoms. The van der Waals surface area contributed by atoms with Crippen molar-refractivity contribution >= 4 is 17.7 Å². The van der Waals surface area contributed by atoms with Crippen LogP contribution in [0.25, 0.3) is 0 Å². The van der Waals surface area contributed by atoms with E-state index in [1.54, 1.807) is 0 Å². The van der Waals surface area contributed by atoms with Gasteiger partial charge in [0.25, 0.3) is 0 Å². The smallest absolute Gasteiger partial charge is 0.222 e. The fourth-order valence-electron chi connectivity index (χ4n) is 1.25. The molecule has 0 aromatic carbocycles. The molecular formula is C9H18N2OS. The Morgan fingerprint density at radius 2 is 2.31 bits per heavy atom. The van der Waals surface area contributed by atoms with Crippen LogP contribution in [0.3, 0.4) is 0 Å². The lowest BCUT2D eigenvalue weighted by Crippen LogP contribution is -2.42. The van der Waals surface area contributed by atoms with Crippen molar-refractivity contribution in [1.82, 2.24) is 10.6 Å². The molecule has 1 heterocycles. The first-order chi connectivity index (χ1) is 5.97. The van der Waals surface area contributed by atoms with Gasteiger partial charge in [0.2, 0.25) is 5.91 Å². The zero-order chi connectivity index (χ0) is 9.90. The van der Waals surface area contributed by atoms with Crippen LogP contribution in [0.4, 0.5) is 0 Å². The molecule has 1 aliphatic heterocycles. The van der Waals surface area contributed by atoms with E-state index in [1.807, 2.05) is 32.5 Å². The van der Waals surface area contributed by atoms with Crippen molar-refractivity contribution in [1.29, 1.82) is 0 Å². The molecule has 1 aliphatic rings.